The summed E-state index contributed by atoms with van der Waals surface area (Å²) in [6.07, 6.45) is 0. The number of piperazine rings is 1. The zero-order valence-corrected chi connectivity index (χ0v) is 14.2. The van der Waals surface area contributed by atoms with Crippen molar-refractivity contribution in [2.75, 3.05) is 19.6 Å². The van der Waals surface area contributed by atoms with Crippen LogP contribution in [-0.2, 0) is 0 Å². The number of benzene rings is 2. The molecule has 0 bridgehead atoms. The standard InChI is InChI=1S/C20H24F2N2/c1-14(2)19-13-23-11-12-24(19)20(15-3-7-17(21)8-4-15)16-5-9-18(22)10-6-16/h3-10,14,19-20,23H,11-13H2,1-2H3. The van der Waals surface area contributed by atoms with Crippen molar-refractivity contribution in [2.45, 2.75) is 25.9 Å². The average Bonchev–Trinajstić information content (AvgIpc) is 2.59. The topological polar surface area (TPSA) is 15.3 Å². The van der Waals surface area contributed by atoms with E-state index >= 15 is 0 Å². The minimum absolute atomic E-state index is 0.000648. The molecule has 128 valence electrons. The Morgan fingerprint density at radius 2 is 1.42 bits per heavy atom. The number of hydrogen-bond donors (Lipinski definition) is 1. The Bertz CT molecular complexity index is 607. The molecule has 0 radical (unpaired) electrons. The predicted molar refractivity (Wildman–Crippen MR) is 92.8 cm³/mol. The number of hydrogen-bond acceptors (Lipinski definition) is 2. The molecule has 0 amide bonds. The van der Waals surface area contributed by atoms with E-state index in [9.17, 15) is 8.78 Å². The molecule has 1 fully saturated rings. The van der Waals surface area contributed by atoms with E-state index in [2.05, 4.69) is 24.1 Å². The number of rotatable bonds is 4. The summed E-state index contributed by atoms with van der Waals surface area (Å²) < 4.78 is 26.8. The second-order valence-corrected chi connectivity index (χ2v) is 6.76. The SMILES string of the molecule is CC(C)C1CNCCN1C(c1ccc(F)cc1)c1ccc(F)cc1. The first-order valence-electron chi connectivity index (χ1n) is 8.53. The molecule has 1 saturated heterocycles. The maximum atomic E-state index is 13.4. The normalized spacial score (nSPS) is 19.2. The lowest BCUT2D eigenvalue weighted by Crippen LogP contribution is -2.54. The lowest BCUT2D eigenvalue weighted by Gasteiger charge is -2.44. The molecule has 0 aliphatic carbocycles. The molecule has 1 unspecified atom stereocenters. The van der Waals surface area contributed by atoms with Gasteiger partial charge in [-0.3, -0.25) is 4.90 Å². The lowest BCUT2D eigenvalue weighted by molar-refractivity contribution is 0.0932. The van der Waals surface area contributed by atoms with E-state index in [1.54, 1.807) is 0 Å². The van der Waals surface area contributed by atoms with Gasteiger partial charge in [-0.25, -0.2) is 8.78 Å². The second kappa shape index (κ2) is 7.41. The van der Waals surface area contributed by atoms with Crippen LogP contribution in [0.15, 0.2) is 48.5 Å². The van der Waals surface area contributed by atoms with Gasteiger partial charge < -0.3 is 5.32 Å². The van der Waals surface area contributed by atoms with E-state index in [-0.39, 0.29) is 17.7 Å². The van der Waals surface area contributed by atoms with E-state index in [1.807, 2.05) is 24.3 Å². The molecule has 24 heavy (non-hydrogen) atoms. The van der Waals surface area contributed by atoms with Crippen molar-refractivity contribution < 1.29 is 8.78 Å². The number of nitrogens with one attached hydrogen (secondary N) is 1. The molecule has 2 aromatic carbocycles. The molecule has 3 rings (SSSR count). The molecule has 1 heterocycles. The monoisotopic (exact) mass is 330 g/mol. The van der Waals surface area contributed by atoms with E-state index in [0.717, 1.165) is 30.8 Å². The van der Waals surface area contributed by atoms with Crippen LogP contribution in [-0.4, -0.2) is 30.6 Å². The van der Waals surface area contributed by atoms with Crippen LogP contribution in [0.2, 0.25) is 0 Å². The van der Waals surface area contributed by atoms with Gasteiger partial charge in [0.1, 0.15) is 11.6 Å². The molecule has 1 aliphatic rings. The maximum absolute atomic E-state index is 13.4. The van der Waals surface area contributed by atoms with Crippen molar-refractivity contribution in [1.82, 2.24) is 10.2 Å². The van der Waals surface area contributed by atoms with Gasteiger partial charge in [0.05, 0.1) is 6.04 Å². The fraction of sp³-hybridized carbons (Fsp3) is 0.400. The highest BCUT2D eigenvalue weighted by Crippen LogP contribution is 2.33. The predicted octanol–water partition coefficient (Wildman–Crippen LogP) is 3.98. The Labute approximate surface area is 142 Å². The molecule has 2 nitrogen and oxygen atoms in total. The van der Waals surface area contributed by atoms with Crippen LogP contribution in [0.5, 0.6) is 0 Å². The van der Waals surface area contributed by atoms with Crippen molar-refractivity contribution in [2.24, 2.45) is 5.92 Å². The van der Waals surface area contributed by atoms with Crippen LogP contribution in [0, 0.1) is 17.6 Å². The first kappa shape index (κ1) is 17.1. The molecule has 0 aromatic heterocycles. The van der Waals surface area contributed by atoms with Gasteiger partial charge in [-0.05, 0) is 41.3 Å². The zero-order chi connectivity index (χ0) is 17.1. The molecule has 2 aromatic rings. The van der Waals surface area contributed by atoms with Crippen LogP contribution >= 0.6 is 0 Å². The molecule has 0 spiro atoms. The summed E-state index contributed by atoms with van der Waals surface area (Å²) in [7, 11) is 0. The molecule has 1 aliphatic heterocycles. The first-order valence-corrected chi connectivity index (χ1v) is 8.53. The molecule has 0 saturated carbocycles. The highest BCUT2D eigenvalue weighted by Gasteiger charge is 2.32. The quantitative estimate of drug-likeness (QED) is 0.912. The second-order valence-electron chi connectivity index (χ2n) is 6.76. The largest absolute Gasteiger partial charge is 0.314 e. The van der Waals surface area contributed by atoms with Crippen molar-refractivity contribution in [3.8, 4) is 0 Å². The molecular formula is C20H24F2N2. The highest BCUT2D eigenvalue weighted by atomic mass is 19.1. The summed E-state index contributed by atoms with van der Waals surface area (Å²) in [4.78, 5) is 2.46. The summed E-state index contributed by atoms with van der Waals surface area (Å²) >= 11 is 0. The fourth-order valence-corrected chi connectivity index (χ4v) is 3.55. The van der Waals surface area contributed by atoms with Crippen LogP contribution < -0.4 is 5.32 Å². The Morgan fingerprint density at radius 1 is 0.917 bits per heavy atom. The Hall–Kier alpha value is -1.78. The van der Waals surface area contributed by atoms with Gasteiger partial charge >= 0.3 is 0 Å². The lowest BCUT2D eigenvalue weighted by atomic mass is 9.91. The molecule has 1 atom stereocenters. The smallest absolute Gasteiger partial charge is 0.123 e. The summed E-state index contributed by atoms with van der Waals surface area (Å²) in [5.41, 5.74) is 2.08. The number of halogens is 2. The Morgan fingerprint density at radius 3 is 1.88 bits per heavy atom. The summed E-state index contributed by atoms with van der Waals surface area (Å²) in [5, 5.41) is 3.46. The van der Waals surface area contributed by atoms with Crippen LogP contribution in [0.1, 0.15) is 31.0 Å². The van der Waals surface area contributed by atoms with Crippen molar-refractivity contribution in [1.29, 1.82) is 0 Å². The van der Waals surface area contributed by atoms with Gasteiger partial charge in [0.25, 0.3) is 0 Å². The highest BCUT2D eigenvalue weighted by molar-refractivity contribution is 5.33. The third-order valence-corrected chi connectivity index (χ3v) is 4.80. The van der Waals surface area contributed by atoms with E-state index < -0.39 is 0 Å². The van der Waals surface area contributed by atoms with Gasteiger partial charge in [-0.1, -0.05) is 38.1 Å². The molecule has 1 N–H and O–H groups in total. The van der Waals surface area contributed by atoms with Crippen LogP contribution in [0.4, 0.5) is 8.78 Å². The third kappa shape index (κ3) is 3.65. The first-order chi connectivity index (χ1) is 11.6. The van der Waals surface area contributed by atoms with E-state index in [4.69, 9.17) is 0 Å². The number of nitrogens with zero attached hydrogens (tertiary/aromatic N) is 1. The molecule has 4 heteroatoms. The van der Waals surface area contributed by atoms with E-state index in [0.29, 0.717) is 12.0 Å². The van der Waals surface area contributed by atoms with Crippen LogP contribution in [0.25, 0.3) is 0 Å². The third-order valence-electron chi connectivity index (χ3n) is 4.80. The van der Waals surface area contributed by atoms with Gasteiger partial charge in [0.2, 0.25) is 0 Å². The minimum atomic E-state index is -0.239. The Balaban J connectivity index is 2.03. The minimum Gasteiger partial charge on any atom is -0.314 e. The Kier molecular flexibility index (Phi) is 5.27. The van der Waals surface area contributed by atoms with Gasteiger partial charge in [0.15, 0.2) is 0 Å². The van der Waals surface area contributed by atoms with Crippen molar-refractivity contribution >= 4 is 0 Å². The summed E-state index contributed by atoms with van der Waals surface area (Å²) in [6.45, 7) is 7.19. The van der Waals surface area contributed by atoms with Gasteiger partial charge in [0, 0.05) is 25.7 Å². The molecular weight excluding hydrogens is 306 g/mol. The van der Waals surface area contributed by atoms with Crippen molar-refractivity contribution in [3.05, 3.63) is 71.3 Å². The van der Waals surface area contributed by atoms with Gasteiger partial charge in [-0.15, -0.1) is 0 Å². The summed E-state index contributed by atoms with van der Waals surface area (Å²) in [5.74, 6) is 0.0100. The zero-order valence-electron chi connectivity index (χ0n) is 14.2. The van der Waals surface area contributed by atoms with Gasteiger partial charge in [-0.2, -0.15) is 0 Å². The average molecular weight is 330 g/mol. The fourth-order valence-electron chi connectivity index (χ4n) is 3.55. The van der Waals surface area contributed by atoms with Crippen LogP contribution in [0.3, 0.4) is 0 Å². The van der Waals surface area contributed by atoms with E-state index in [1.165, 1.54) is 24.3 Å². The summed E-state index contributed by atoms with van der Waals surface area (Å²) in [6, 6.07) is 13.7. The van der Waals surface area contributed by atoms with Crippen molar-refractivity contribution in [3.63, 3.8) is 0 Å². The maximum Gasteiger partial charge on any atom is 0.123 e.